The highest BCUT2D eigenvalue weighted by Gasteiger charge is 2.09. The van der Waals surface area contributed by atoms with Gasteiger partial charge in [-0.2, -0.15) is 0 Å². The van der Waals surface area contributed by atoms with E-state index in [0.717, 1.165) is 5.69 Å². The van der Waals surface area contributed by atoms with Crippen LogP contribution in [0.2, 0.25) is 10.0 Å². The third-order valence-electron chi connectivity index (χ3n) is 2.96. The first kappa shape index (κ1) is 15.3. The number of nitrogens with one attached hydrogen (secondary N) is 2. The molecule has 3 rings (SSSR count). The maximum Gasteiger partial charge on any atom is 0.160 e. The van der Waals surface area contributed by atoms with Gasteiger partial charge in [0.15, 0.2) is 11.6 Å². The minimum absolute atomic E-state index is 0.374. The number of aromatic nitrogens is 3. The van der Waals surface area contributed by atoms with Crippen molar-refractivity contribution in [2.75, 3.05) is 16.4 Å². The van der Waals surface area contributed by atoms with Crippen molar-refractivity contribution in [1.82, 2.24) is 15.0 Å². The Kier molecular flexibility index (Phi) is 4.45. The smallest absolute Gasteiger partial charge is 0.160 e. The van der Waals surface area contributed by atoms with Crippen molar-refractivity contribution in [2.45, 2.75) is 0 Å². The van der Waals surface area contributed by atoms with Crippen LogP contribution in [0.1, 0.15) is 0 Å². The third kappa shape index (κ3) is 3.80. The van der Waals surface area contributed by atoms with Gasteiger partial charge in [0, 0.05) is 16.9 Å². The van der Waals surface area contributed by atoms with Gasteiger partial charge in [-0.25, -0.2) is 15.0 Å². The van der Waals surface area contributed by atoms with Gasteiger partial charge in [-0.15, -0.1) is 0 Å². The van der Waals surface area contributed by atoms with Crippen molar-refractivity contribution in [3.63, 3.8) is 0 Å². The fourth-order valence-corrected chi connectivity index (χ4v) is 2.07. The molecule has 0 saturated heterocycles. The van der Waals surface area contributed by atoms with Crippen molar-refractivity contribution >= 4 is 52.0 Å². The van der Waals surface area contributed by atoms with Crippen molar-refractivity contribution < 1.29 is 0 Å². The monoisotopic (exact) mass is 346 g/mol. The number of rotatable bonds is 4. The van der Waals surface area contributed by atoms with Crippen LogP contribution in [0.25, 0.3) is 0 Å². The summed E-state index contributed by atoms with van der Waals surface area (Å²) >= 11 is 11.7. The highest BCUT2D eigenvalue weighted by atomic mass is 35.5. The number of pyridine rings is 1. The molecule has 0 fully saturated rings. The van der Waals surface area contributed by atoms with E-state index in [2.05, 4.69) is 25.6 Å². The van der Waals surface area contributed by atoms with Gasteiger partial charge >= 0.3 is 0 Å². The Hall–Kier alpha value is -2.57. The van der Waals surface area contributed by atoms with Crippen molar-refractivity contribution in [3.8, 4) is 0 Å². The lowest BCUT2D eigenvalue weighted by atomic mass is 10.3. The fourth-order valence-electron chi connectivity index (χ4n) is 1.84. The lowest BCUT2D eigenvalue weighted by Gasteiger charge is -2.12. The molecular weight excluding hydrogens is 335 g/mol. The summed E-state index contributed by atoms with van der Waals surface area (Å²) in [6, 6.07) is 10.7. The molecule has 6 nitrogen and oxygen atoms in total. The average molecular weight is 347 g/mol. The molecule has 0 unspecified atom stereocenters. The SMILES string of the molecule is Nc1c(Nc2ccc(Cl)cc2)ncnc1Nc1ccc(Cl)cn1. The van der Waals surface area contributed by atoms with Gasteiger partial charge in [0.25, 0.3) is 0 Å². The van der Waals surface area contributed by atoms with E-state index in [1.807, 2.05) is 12.1 Å². The lowest BCUT2D eigenvalue weighted by Crippen LogP contribution is -2.05. The lowest BCUT2D eigenvalue weighted by molar-refractivity contribution is 1.16. The van der Waals surface area contributed by atoms with Crippen molar-refractivity contribution in [1.29, 1.82) is 0 Å². The summed E-state index contributed by atoms with van der Waals surface area (Å²) in [5, 5.41) is 7.35. The van der Waals surface area contributed by atoms with Gasteiger partial charge in [-0.1, -0.05) is 23.2 Å². The number of hydrogen-bond donors (Lipinski definition) is 3. The molecule has 0 bridgehead atoms. The van der Waals surface area contributed by atoms with Gasteiger partial charge < -0.3 is 16.4 Å². The van der Waals surface area contributed by atoms with E-state index >= 15 is 0 Å². The molecule has 0 aliphatic heterocycles. The van der Waals surface area contributed by atoms with Gasteiger partial charge in [-0.3, -0.25) is 0 Å². The largest absolute Gasteiger partial charge is 0.393 e. The van der Waals surface area contributed by atoms with Crippen LogP contribution in [0, 0.1) is 0 Å². The zero-order valence-electron chi connectivity index (χ0n) is 11.8. The first-order valence-electron chi connectivity index (χ1n) is 6.63. The zero-order chi connectivity index (χ0) is 16.2. The molecule has 116 valence electrons. The summed E-state index contributed by atoms with van der Waals surface area (Å²) in [5.74, 6) is 1.52. The number of anilines is 5. The maximum absolute atomic E-state index is 6.11. The predicted octanol–water partition coefficient (Wildman–Crippen LogP) is 4.25. The molecule has 4 N–H and O–H groups in total. The Morgan fingerprint density at radius 2 is 1.43 bits per heavy atom. The third-order valence-corrected chi connectivity index (χ3v) is 3.44. The standard InChI is InChI=1S/C15H12Cl2N6/c16-9-1-4-11(5-2-9)22-14-13(18)15(21-8-20-14)23-12-6-3-10(17)7-19-12/h1-8H,18H2,(H2,19,20,21,22,23). The van der Waals surface area contributed by atoms with Crippen molar-refractivity contribution in [3.05, 3.63) is 59.0 Å². The topological polar surface area (TPSA) is 88.8 Å². The number of benzene rings is 1. The van der Waals surface area contributed by atoms with E-state index in [1.54, 1.807) is 24.3 Å². The van der Waals surface area contributed by atoms with Gasteiger partial charge in [0.2, 0.25) is 0 Å². The summed E-state index contributed by atoms with van der Waals surface area (Å²) < 4.78 is 0. The molecule has 0 atom stereocenters. The second-order valence-electron chi connectivity index (χ2n) is 4.60. The Morgan fingerprint density at radius 1 is 0.783 bits per heavy atom. The van der Waals surface area contributed by atoms with E-state index < -0.39 is 0 Å². The number of nitrogens with two attached hydrogens (primary N) is 1. The second-order valence-corrected chi connectivity index (χ2v) is 5.48. The molecule has 0 amide bonds. The number of nitrogens with zero attached hydrogens (tertiary/aromatic N) is 3. The van der Waals surface area contributed by atoms with E-state index in [9.17, 15) is 0 Å². The van der Waals surface area contributed by atoms with E-state index in [-0.39, 0.29) is 0 Å². The first-order chi connectivity index (χ1) is 11.1. The summed E-state index contributed by atoms with van der Waals surface area (Å²) in [7, 11) is 0. The van der Waals surface area contributed by atoms with Crippen LogP contribution in [-0.4, -0.2) is 15.0 Å². The van der Waals surface area contributed by atoms with Crippen LogP contribution < -0.4 is 16.4 Å². The number of halogens is 2. The highest BCUT2D eigenvalue weighted by molar-refractivity contribution is 6.30. The van der Waals surface area contributed by atoms with E-state index in [4.69, 9.17) is 28.9 Å². The molecule has 23 heavy (non-hydrogen) atoms. The molecule has 0 radical (unpaired) electrons. The molecule has 0 aliphatic rings. The summed E-state index contributed by atoms with van der Waals surface area (Å²) in [4.78, 5) is 12.4. The molecule has 2 aromatic heterocycles. The molecular formula is C15H12Cl2N6. The van der Waals surface area contributed by atoms with Gasteiger partial charge in [0.1, 0.15) is 17.8 Å². The molecule has 2 heterocycles. The number of hydrogen-bond acceptors (Lipinski definition) is 6. The Morgan fingerprint density at radius 3 is 2.09 bits per heavy atom. The Balaban J connectivity index is 1.83. The minimum Gasteiger partial charge on any atom is -0.393 e. The van der Waals surface area contributed by atoms with Crippen LogP contribution in [0.15, 0.2) is 48.9 Å². The molecule has 1 aromatic carbocycles. The Labute approximate surface area is 142 Å². The normalized spacial score (nSPS) is 10.3. The molecule has 0 saturated carbocycles. The quantitative estimate of drug-likeness (QED) is 0.654. The van der Waals surface area contributed by atoms with Crippen molar-refractivity contribution in [2.24, 2.45) is 0 Å². The summed E-state index contributed by atoms with van der Waals surface area (Å²) in [5.41, 5.74) is 7.30. The molecule has 0 aliphatic carbocycles. The first-order valence-corrected chi connectivity index (χ1v) is 7.39. The van der Waals surface area contributed by atoms with E-state index in [0.29, 0.717) is 33.2 Å². The van der Waals surface area contributed by atoms with Gasteiger partial charge in [-0.05, 0) is 36.4 Å². The summed E-state index contributed by atoms with van der Waals surface area (Å²) in [6.07, 6.45) is 2.95. The van der Waals surface area contributed by atoms with Crippen LogP contribution in [-0.2, 0) is 0 Å². The van der Waals surface area contributed by atoms with Gasteiger partial charge in [0.05, 0.1) is 5.02 Å². The van der Waals surface area contributed by atoms with Crippen LogP contribution >= 0.6 is 23.2 Å². The second kappa shape index (κ2) is 6.68. The molecule has 0 spiro atoms. The van der Waals surface area contributed by atoms with Crippen LogP contribution in [0.4, 0.5) is 28.8 Å². The Bertz CT molecular complexity index is 739. The van der Waals surface area contributed by atoms with Crippen LogP contribution in [0.3, 0.4) is 0 Å². The minimum atomic E-state index is 0.374. The van der Waals surface area contributed by atoms with Crippen LogP contribution in [0.5, 0.6) is 0 Å². The predicted molar refractivity (Wildman–Crippen MR) is 93.7 cm³/mol. The highest BCUT2D eigenvalue weighted by Crippen LogP contribution is 2.28. The average Bonchev–Trinajstić information content (AvgIpc) is 2.55. The fraction of sp³-hybridized carbons (Fsp3) is 0. The number of nitrogen functional groups attached to an aromatic ring is 1. The van der Waals surface area contributed by atoms with E-state index in [1.165, 1.54) is 12.5 Å². The molecule has 3 aromatic rings. The molecule has 8 heteroatoms. The maximum atomic E-state index is 6.11. The summed E-state index contributed by atoms with van der Waals surface area (Å²) in [6.45, 7) is 0. The zero-order valence-corrected chi connectivity index (χ0v) is 13.3.